The van der Waals surface area contributed by atoms with Crippen LogP contribution in [0, 0.1) is 6.92 Å². The minimum absolute atomic E-state index is 0.0880. The summed E-state index contributed by atoms with van der Waals surface area (Å²) < 4.78 is 11.4. The molecule has 21 heavy (non-hydrogen) atoms. The maximum absolute atomic E-state index is 12.4. The molecule has 1 saturated carbocycles. The molecule has 3 rings (SSSR count). The van der Waals surface area contributed by atoms with Crippen LogP contribution >= 0.6 is 0 Å². The molecular formula is C16H24N2O3. The highest BCUT2D eigenvalue weighted by molar-refractivity contribution is 5.78. The highest BCUT2D eigenvalue weighted by Crippen LogP contribution is 2.29. The topological polar surface area (TPSA) is 54.7 Å². The van der Waals surface area contributed by atoms with Crippen LogP contribution in [0.15, 0.2) is 16.5 Å². The van der Waals surface area contributed by atoms with Crippen molar-refractivity contribution in [3.8, 4) is 0 Å². The summed E-state index contributed by atoms with van der Waals surface area (Å²) in [5.41, 5.74) is 0. The molecule has 0 bridgehead atoms. The Morgan fingerprint density at radius 1 is 1.33 bits per heavy atom. The second-order valence-corrected chi connectivity index (χ2v) is 6.03. The van der Waals surface area contributed by atoms with E-state index in [0.29, 0.717) is 12.6 Å². The third kappa shape index (κ3) is 4.08. The van der Waals surface area contributed by atoms with Gasteiger partial charge in [0.1, 0.15) is 18.1 Å². The van der Waals surface area contributed by atoms with Gasteiger partial charge in [0.15, 0.2) is 0 Å². The van der Waals surface area contributed by atoms with E-state index in [1.165, 1.54) is 0 Å². The molecule has 1 aromatic rings. The number of hydrogen-bond donors (Lipinski definition) is 1. The fourth-order valence-corrected chi connectivity index (χ4v) is 2.78. The number of ether oxygens (including phenoxy) is 1. The summed E-state index contributed by atoms with van der Waals surface area (Å²) in [6, 6.07) is 4.27. The first-order valence-corrected chi connectivity index (χ1v) is 7.89. The van der Waals surface area contributed by atoms with E-state index in [1.54, 1.807) is 0 Å². The summed E-state index contributed by atoms with van der Waals surface area (Å²) in [5.74, 6) is 1.83. The minimum Gasteiger partial charge on any atom is -0.464 e. The molecule has 0 spiro atoms. The normalized spacial score (nSPS) is 19.7. The van der Waals surface area contributed by atoms with Crippen molar-refractivity contribution in [2.45, 2.75) is 51.3 Å². The van der Waals surface area contributed by atoms with E-state index in [9.17, 15) is 4.79 Å². The number of hydrogen-bond acceptors (Lipinski definition) is 4. The first kappa shape index (κ1) is 14.6. The molecule has 5 nitrogen and oxygen atoms in total. The Morgan fingerprint density at radius 3 is 2.71 bits per heavy atom. The third-order valence-electron chi connectivity index (χ3n) is 4.16. The van der Waals surface area contributed by atoms with Crippen molar-refractivity contribution in [1.82, 2.24) is 10.2 Å². The Kier molecular flexibility index (Phi) is 4.60. The van der Waals surface area contributed by atoms with Crippen LogP contribution < -0.4 is 5.32 Å². The number of furan rings is 1. The molecule has 0 unspecified atom stereocenters. The van der Waals surface area contributed by atoms with Gasteiger partial charge < -0.3 is 19.4 Å². The van der Waals surface area contributed by atoms with E-state index >= 15 is 0 Å². The fourth-order valence-electron chi connectivity index (χ4n) is 2.78. The van der Waals surface area contributed by atoms with Crippen LogP contribution in [-0.4, -0.2) is 42.6 Å². The Hall–Kier alpha value is -1.33. The molecule has 0 radical (unpaired) electrons. The first-order valence-electron chi connectivity index (χ1n) is 7.89. The lowest BCUT2D eigenvalue weighted by atomic mass is 10.1. The van der Waals surface area contributed by atoms with Gasteiger partial charge in [-0.1, -0.05) is 0 Å². The van der Waals surface area contributed by atoms with Gasteiger partial charge in [-0.2, -0.15) is 0 Å². The highest BCUT2D eigenvalue weighted by Gasteiger charge is 2.33. The minimum atomic E-state index is 0.0880. The number of carbonyl (C=O) groups excluding carboxylic acids is 1. The van der Waals surface area contributed by atoms with E-state index in [2.05, 4.69) is 5.32 Å². The summed E-state index contributed by atoms with van der Waals surface area (Å²) in [4.78, 5) is 14.3. The second-order valence-electron chi connectivity index (χ2n) is 6.03. The molecule has 2 fully saturated rings. The van der Waals surface area contributed by atoms with Crippen LogP contribution in [0.3, 0.4) is 0 Å². The van der Waals surface area contributed by atoms with Crippen molar-refractivity contribution in [3.05, 3.63) is 23.7 Å². The monoisotopic (exact) mass is 292 g/mol. The van der Waals surface area contributed by atoms with Gasteiger partial charge in [0.05, 0.1) is 12.6 Å². The van der Waals surface area contributed by atoms with Crippen molar-refractivity contribution in [2.75, 3.05) is 19.7 Å². The number of nitrogens with zero attached hydrogens (tertiary/aromatic N) is 1. The molecule has 2 heterocycles. The molecule has 0 aromatic carbocycles. The SMILES string of the molecule is Cc1ccc(CN(C(=O)COC2CCNCC2)C2CC2)o1. The Bertz CT molecular complexity index is 476. The lowest BCUT2D eigenvalue weighted by Crippen LogP contribution is -2.38. The Balaban J connectivity index is 1.52. The molecule has 1 aliphatic carbocycles. The van der Waals surface area contributed by atoms with Crippen LogP contribution in [0.5, 0.6) is 0 Å². The van der Waals surface area contributed by atoms with Crippen molar-refractivity contribution >= 4 is 5.91 Å². The molecule has 1 saturated heterocycles. The van der Waals surface area contributed by atoms with E-state index in [0.717, 1.165) is 50.3 Å². The number of rotatable bonds is 6. The van der Waals surface area contributed by atoms with Crippen LogP contribution in [0.4, 0.5) is 0 Å². The zero-order valence-electron chi connectivity index (χ0n) is 12.6. The fraction of sp³-hybridized carbons (Fsp3) is 0.688. The third-order valence-corrected chi connectivity index (χ3v) is 4.16. The largest absolute Gasteiger partial charge is 0.464 e. The standard InChI is InChI=1S/C16H24N2O3/c1-12-2-5-15(21-12)10-18(13-3-4-13)16(19)11-20-14-6-8-17-9-7-14/h2,5,13-14,17H,3-4,6-11H2,1H3. The molecular weight excluding hydrogens is 268 g/mol. The van der Waals surface area contributed by atoms with Gasteiger partial charge >= 0.3 is 0 Å². The molecule has 0 atom stereocenters. The van der Waals surface area contributed by atoms with Crippen molar-refractivity contribution in [1.29, 1.82) is 0 Å². The van der Waals surface area contributed by atoms with Crippen molar-refractivity contribution in [3.63, 3.8) is 0 Å². The number of nitrogens with one attached hydrogen (secondary N) is 1. The number of piperidine rings is 1. The van der Waals surface area contributed by atoms with Gasteiger partial charge in [0.2, 0.25) is 5.91 Å². The van der Waals surface area contributed by atoms with E-state index in [4.69, 9.17) is 9.15 Å². The number of aryl methyl sites for hydroxylation is 1. The summed E-state index contributed by atoms with van der Waals surface area (Å²) in [6.45, 7) is 4.65. The maximum Gasteiger partial charge on any atom is 0.249 e. The highest BCUT2D eigenvalue weighted by atomic mass is 16.5. The molecule has 1 aliphatic heterocycles. The van der Waals surface area contributed by atoms with Gasteiger partial charge in [-0.15, -0.1) is 0 Å². The van der Waals surface area contributed by atoms with Crippen LogP contribution in [-0.2, 0) is 16.1 Å². The van der Waals surface area contributed by atoms with Crippen LogP contribution in [0.1, 0.15) is 37.2 Å². The zero-order valence-corrected chi connectivity index (χ0v) is 12.6. The molecule has 116 valence electrons. The summed E-state index contributed by atoms with van der Waals surface area (Å²) in [6.07, 6.45) is 4.40. The maximum atomic E-state index is 12.4. The molecule has 5 heteroatoms. The van der Waals surface area contributed by atoms with E-state index < -0.39 is 0 Å². The van der Waals surface area contributed by atoms with Crippen LogP contribution in [0.25, 0.3) is 0 Å². The van der Waals surface area contributed by atoms with Gasteiger partial charge in [0.25, 0.3) is 0 Å². The molecule has 1 N–H and O–H groups in total. The lowest BCUT2D eigenvalue weighted by molar-refractivity contribution is -0.140. The van der Waals surface area contributed by atoms with E-state index in [-0.39, 0.29) is 18.6 Å². The Morgan fingerprint density at radius 2 is 2.10 bits per heavy atom. The summed E-state index contributed by atoms with van der Waals surface area (Å²) in [7, 11) is 0. The van der Waals surface area contributed by atoms with Gasteiger partial charge in [-0.05, 0) is 57.8 Å². The molecule has 1 aromatic heterocycles. The lowest BCUT2D eigenvalue weighted by Gasteiger charge is -2.25. The van der Waals surface area contributed by atoms with Crippen molar-refractivity contribution < 1.29 is 13.9 Å². The number of carbonyl (C=O) groups is 1. The quantitative estimate of drug-likeness (QED) is 0.869. The van der Waals surface area contributed by atoms with Gasteiger partial charge in [0, 0.05) is 6.04 Å². The molecule has 1 amide bonds. The van der Waals surface area contributed by atoms with Gasteiger partial charge in [-0.25, -0.2) is 0 Å². The zero-order chi connectivity index (χ0) is 14.7. The molecule has 2 aliphatic rings. The summed E-state index contributed by atoms with van der Waals surface area (Å²) in [5, 5.41) is 3.30. The summed E-state index contributed by atoms with van der Waals surface area (Å²) >= 11 is 0. The first-order chi connectivity index (χ1) is 10.2. The second kappa shape index (κ2) is 6.62. The van der Waals surface area contributed by atoms with Crippen molar-refractivity contribution in [2.24, 2.45) is 0 Å². The number of amides is 1. The average molecular weight is 292 g/mol. The van der Waals surface area contributed by atoms with Gasteiger partial charge in [-0.3, -0.25) is 4.79 Å². The average Bonchev–Trinajstić information content (AvgIpc) is 3.26. The predicted octanol–water partition coefficient (Wildman–Crippen LogP) is 1.85. The van der Waals surface area contributed by atoms with E-state index in [1.807, 2.05) is 24.0 Å². The van der Waals surface area contributed by atoms with Crippen LogP contribution in [0.2, 0.25) is 0 Å². The Labute approximate surface area is 125 Å². The predicted molar refractivity (Wildman–Crippen MR) is 78.9 cm³/mol. The smallest absolute Gasteiger partial charge is 0.249 e.